The van der Waals surface area contributed by atoms with Crippen LogP contribution < -0.4 is 5.32 Å². The Morgan fingerprint density at radius 2 is 1.96 bits per heavy atom. The number of nitrogens with one attached hydrogen (secondary N) is 1. The summed E-state index contributed by atoms with van der Waals surface area (Å²) in [5.74, 6) is -1.30. The van der Waals surface area contributed by atoms with Crippen molar-refractivity contribution in [1.29, 1.82) is 0 Å². The highest BCUT2D eigenvalue weighted by molar-refractivity contribution is 5.93. The van der Waals surface area contributed by atoms with Gasteiger partial charge in [-0.2, -0.15) is 5.10 Å². The van der Waals surface area contributed by atoms with Crippen LogP contribution in [-0.4, -0.2) is 45.5 Å². The number of carboxylic acids is 1. The zero-order chi connectivity index (χ0) is 17.9. The molecular formula is C18H21N3O4. The molecule has 25 heavy (non-hydrogen) atoms. The van der Waals surface area contributed by atoms with E-state index in [1.165, 1.54) is 0 Å². The highest BCUT2D eigenvalue weighted by Gasteiger charge is 2.37. The molecule has 2 N–H and O–H groups in total. The average Bonchev–Trinajstić information content (AvgIpc) is 2.98. The van der Waals surface area contributed by atoms with Gasteiger partial charge >= 0.3 is 5.97 Å². The molecule has 1 aromatic carbocycles. The van der Waals surface area contributed by atoms with Gasteiger partial charge in [-0.3, -0.25) is 9.59 Å². The van der Waals surface area contributed by atoms with E-state index in [2.05, 4.69) is 10.4 Å². The number of aryl methyl sites for hydroxylation is 1. The number of hydrogen-bond acceptors (Lipinski definition) is 4. The van der Waals surface area contributed by atoms with E-state index in [0.29, 0.717) is 26.1 Å². The maximum atomic E-state index is 12.7. The van der Waals surface area contributed by atoms with Gasteiger partial charge in [-0.05, 0) is 38.0 Å². The molecule has 1 aromatic heterocycles. The Morgan fingerprint density at radius 3 is 2.60 bits per heavy atom. The van der Waals surface area contributed by atoms with E-state index < -0.39 is 11.5 Å². The number of ether oxygens (including phenoxy) is 1. The largest absolute Gasteiger partial charge is 0.481 e. The van der Waals surface area contributed by atoms with E-state index in [4.69, 9.17) is 4.74 Å². The minimum atomic E-state index is -0.937. The van der Waals surface area contributed by atoms with Gasteiger partial charge in [0.2, 0.25) is 0 Å². The minimum Gasteiger partial charge on any atom is -0.481 e. The molecule has 1 amide bonds. The van der Waals surface area contributed by atoms with E-state index in [-0.39, 0.29) is 18.0 Å². The molecule has 1 saturated heterocycles. The molecular weight excluding hydrogens is 322 g/mol. The van der Waals surface area contributed by atoms with Crippen molar-refractivity contribution in [3.63, 3.8) is 0 Å². The SMILES string of the molecule is Cc1cc(C(=O)NC2(CC(=O)O)CCOCC2)nn1-c1ccccc1. The second-order valence-corrected chi connectivity index (χ2v) is 6.34. The third-order valence-electron chi connectivity index (χ3n) is 4.44. The number of carbonyl (C=O) groups is 2. The fourth-order valence-corrected chi connectivity index (χ4v) is 3.12. The Kier molecular flexibility index (Phi) is 4.85. The van der Waals surface area contributed by atoms with Crippen LogP contribution in [0.2, 0.25) is 0 Å². The number of hydrogen-bond donors (Lipinski definition) is 2. The van der Waals surface area contributed by atoms with Crippen molar-refractivity contribution in [3.8, 4) is 5.69 Å². The normalized spacial score (nSPS) is 16.4. The number of nitrogens with zero attached hydrogens (tertiary/aromatic N) is 2. The third-order valence-corrected chi connectivity index (χ3v) is 4.44. The quantitative estimate of drug-likeness (QED) is 0.865. The molecule has 2 heterocycles. The summed E-state index contributed by atoms with van der Waals surface area (Å²) in [6, 6.07) is 11.2. The first-order chi connectivity index (χ1) is 12.0. The van der Waals surface area contributed by atoms with Crippen LogP contribution in [0.4, 0.5) is 0 Å². The highest BCUT2D eigenvalue weighted by atomic mass is 16.5. The zero-order valence-electron chi connectivity index (χ0n) is 14.1. The summed E-state index contributed by atoms with van der Waals surface area (Å²) in [7, 11) is 0. The van der Waals surface area contributed by atoms with Gasteiger partial charge in [-0.25, -0.2) is 4.68 Å². The highest BCUT2D eigenvalue weighted by Crippen LogP contribution is 2.25. The molecule has 132 valence electrons. The van der Waals surface area contributed by atoms with Gasteiger partial charge in [0.05, 0.1) is 17.6 Å². The van der Waals surface area contributed by atoms with Crippen molar-refractivity contribution >= 4 is 11.9 Å². The van der Waals surface area contributed by atoms with E-state index in [9.17, 15) is 14.7 Å². The second-order valence-electron chi connectivity index (χ2n) is 6.34. The van der Waals surface area contributed by atoms with Crippen molar-refractivity contribution < 1.29 is 19.4 Å². The molecule has 7 nitrogen and oxygen atoms in total. The van der Waals surface area contributed by atoms with Gasteiger partial charge in [-0.1, -0.05) is 18.2 Å². The predicted molar refractivity (Wildman–Crippen MR) is 90.8 cm³/mol. The van der Waals surface area contributed by atoms with Gasteiger partial charge in [-0.15, -0.1) is 0 Å². The van der Waals surface area contributed by atoms with E-state index >= 15 is 0 Å². The summed E-state index contributed by atoms with van der Waals surface area (Å²) in [6.45, 7) is 2.74. The lowest BCUT2D eigenvalue weighted by Gasteiger charge is -2.36. The Morgan fingerprint density at radius 1 is 1.28 bits per heavy atom. The van der Waals surface area contributed by atoms with Gasteiger partial charge in [0.25, 0.3) is 5.91 Å². The summed E-state index contributed by atoms with van der Waals surface area (Å²) >= 11 is 0. The van der Waals surface area contributed by atoms with E-state index in [1.54, 1.807) is 10.7 Å². The first-order valence-electron chi connectivity index (χ1n) is 8.23. The van der Waals surface area contributed by atoms with Gasteiger partial charge in [0.15, 0.2) is 5.69 Å². The lowest BCUT2D eigenvalue weighted by Crippen LogP contribution is -2.53. The van der Waals surface area contributed by atoms with Crippen molar-refractivity contribution in [2.45, 2.75) is 31.7 Å². The average molecular weight is 343 g/mol. The smallest absolute Gasteiger partial charge is 0.305 e. The van der Waals surface area contributed by atoms with Crippen LogP contribution >= 0.6 is 0 Å². The molecule has 0 radical (unpaired) electrons. The molecule has 0 saturated carbocycles. The van der Waals surface area contributed by atoms with Crippen molar-refractivity contribution in [2.75, 3.05) is 13.2 Å². The number of aromatic nitrogens is 2. The maximum absolute atomic E-state index is 12.7. The van der Waals surface area contributed by atoms with Crippen LogP contribution in [0.15, 0.2) is 36.4 Å². The van der Waals surface area contributed by atoms with Crippen LogP contribution in [-0.2, 0) is 9.53 Å². The summed E-state index contributed by atoms with van der Waals surface area (Å²) in [5, 5.41) is 16.5. The summed E-state index contributed by atoms with van der Waals surface area (Å²) in [6.07, 6.45) is 0.827. The first-order valence-corrected chi connectivity index (χ1v) is 8.23. The van der Waals surface area contributed by atoms with E-state index in [0.717, 1.165) is 11.4 Å². The monoisotopic (exact) mass is 343 g/mol. The molecule has 1 fully saturated rings. The van der Waals surface area contributed by atoms with Crippen LogP contribution in [0, 0.1) is 6.92 Å². The number of benzene rings is 1. The molecule has 1 aliphatic heterocycles. The summed E-state index contributed by atoms with van der Waals surface area (Å²) in [4.78, 5) is 23.9. The summed E-state index contributed by atoms with van der Waals surface area (Å²) < 4.78 is 7.01. The van der Waals surface area contributed by atoms with Crippen LogP contribution in [0.5, 0.6) is 0 Å². The second kappa shape index (κ2) is 7.06. The van der Waals surface area contributed by atoms with Crippen molar-refractivity contribution in [2.24, 2.45) is 0 Å². The lowest BCUT2D eigenvalue weighted by molar-refractivity contribution is -0.139. The molecule has 7 heteroatoms. The van der Waals surface area contributed by atoms with Crippen LogP contribution in [0.25, 0.3) is 5.69 Å². The topological polar surface area (TPSA) is 93.5 Å². The van der Waals surface area contributed by atoms with Gasteiger partial charge < -0.3 is 15.2 Å². The van der Waals surface area contributed by atoms with Crippen molar-refractivity contribution in [1.82, 2.24) is 15.1 Å². The predicted octanol–water partition coefficient (Wildman–Crippen LogP) is 1.93. The Labute approximate surface area is 145 Å². The molecule has 0 bridgehead atoms. The fraction of sp³-hybridized carbons (Fsp3) is 0.389. The number of rotatable bonds is 5. The Hall–Kier alpha value is -2.67. The Balaban J connectivity index is 1.82. The fourth-order valence-electron chi connectivity index (χ4n) is 3.12. The molecule has 1 aliphatic rings. The number of amides is 1. The molecule has 3 rings (SSSR count). The van der Waals surface area contributed by atoms with Gasteiger partial charge in [0.1, 0.15) is 0 Å². The Bertz CT molecular complexity index is 764. The number of aliphatic carboxylic acids is 1. The third kappa shape index (κ3) is 3.88. The minimum absolute atomic E-state index is 0.125. The first kappa shape index (κ1) is 17.2. The number of para-hydroxylation sites is 1. The van der Waals surface area contributed by atoms with Crippen LogP contribution in [0.3, 0.4) is 0 Å². The zero-order valence-corrected chi connectivity index (χ0v) is 14.1. The summed E-state index contributed by atoms with van der Waals surface area (Å²) in [5.41, 5.74) is 1.18. The van der Waals surface area contributed by atoms with Gasteiger partial charge in [0, 0.05) is 18.9 Å². The molecule has 0 spiro atoms. The van der Waals surface area contributed by atoms with Crippen LogP contribution in [0.1, 0.15) is 35.4 Å². The standard InChI is InChI=1S/C18H21N3O4/c1-13-11-15(20-21(13)14-5-3-2-4-6-14)17(24)19-18(12-16(22)23)7-9-25-10-8-18/h2-6,11H,7-10,12H2,1H3,(H,19,24)(H,22,23). The maximum Gasteiger partial charge on any atom is 0.305 e. The molecule has 0 aliphatic carbocycles. The van der Waals surface area contributed by atoms with Crippen molar-refractivity contribution in [3.05, 3.63) is 47.8 Å². The molecule has 2 aromatic rings. The molecule has 0 unspecified atom stereocenters. The number of carboxylic acid groups (broad SMARTS) is 1. The lowest BCUT2D eigenvalue weighted by atomic mass is 9.86. The molecule has 0 atom stereocenters. The number of carbonyl (C=O) groups excluding carboxylic acids is 1. The van der Waals surface area contributed by atoms with E-state index in [1.807, 2.05) is 37.3 Å².